The van der Waals surface area contributed by atoms with Gasteiger partial charge in [0, 0.05) is 62.8 Å². The number of benzene rings is 3. The second kappa shape index (κ2) is 18.9. The average molecular weight is 756 g/mol. The molecule has 0 spiro atoms. The summed E-state index contributed by atoms with van der Waals surface area (Å²) in [4.78, 5) is 8.44. The zero-order valence-corrected chi connectivity index (χ0v) is 27.5. The first kappa shape index (κ1) is 43.0. The lowest BCUT2D eigenvalue weighted by Crippen LogP contribution is -2.11. The van der Waals surface area contributed by atoms with Crippen LogP contribution in [0.15, 0.2) is 97.3 Å². The number of rotatable bonds is 9. The molecule has 0 aliphatic heterocycles. The van der Waals surface area contributed by atoms with Crippen LogP contribution in [0.25, 0.3) is 22.3 Å². The monoisotopic (exact) mass is 754 g/mol. The standard InChI is InChI=1S/C19H13ClF4N2.C17H18ClF3N2.2CH4/c20-16-7-6-14(19(22,23)24)9-15(16)12-5-8-18(25-10-12)26-11-13-3-1-2-4-17(13)21;1-2-3-4-15(22)16-8-5-11(10-23-16)13-9-12(17(19,20)21)6-7-14(13)18;;/h1-10H,11H2,(H,25,26);5-10,15H,2-4,22H2,1H3;2*1H4. The normalized spacial score (nSPS) is 11.7. The molecule has 1 atom stereocenters. The lowest BCUT2D eigenvalue weighted by molar-refractivity contribution is -0.138. The van der Waals surface area contributed by atoms with Gasteiger partial charge in [-0.05, 0) is 67.1 Å². The van der Waals surface area contributed by atoms with Crippen molar-refractivity contribution in [3.8, 4) is 22.3 Å². The van der Waals surface area contributed by atoms with E-state index in [0.717, 1.165) is 49.2 Å². The molecule has 0 amide bonds. The van der Waals surface area contributed by atoms with E-state index in [-0.39, 0.29) is 48.9 Å². The molecule has 5 rings (SSSR count). The number of halogens is 9. The number of hydrogen-bond donors (Lipinski definition) is 2. The van der Waals surface area contributed by atoms with Gasteiger partial charge in [0.2, 0.25) is 0 Å². The zero-order chi connectivity index (χ0) is 35.8. The van der Waals surface area contributed by atoms with Crippen LogP contribution in [0.1, 0.15) is 69.5 Å². The van der Waals surface area contributed by atoms with E-state index in [9.17, 15) is 30.7 Å². The van der Waals surface area contributed by atoms with Gasteiger partial charge in [0.15, 0.2) is 0 Å². The Morgan fingerprint density at radius 3 is 1.71 bits per heavy atom. The van der Waals surface area contributed by atoms with Crippen LogP contribution in [-0.4, -0.2) is 9.97 Å². The summed E-state index contributed by atoms with van der Waals surface area (Å²) in [5, 5.41) is 3.42. The fourth-order valence-electron chi connectivity index (χ4n) is 4.69. The molecule has 5 aromatic rings. The first-order valence-corrected chi connectivity index (χ1v) is 15.8. The predicted molar refractivity (Wildman–Crippen MR) is 193 cm³/mol. The van der Waals surface area contributed by atoms with Crippen molar-refractivity contribution >= 4 is 29.0 Å². The summed E-state index contributed by atoms with van der Waals surface area (Å²) in [6.07, 6.45) is -3.04. The summed E-state index contributed by atoms with van der Waals surface area (Å²) in [6, 6.07) is 19.2. The number of nitrogens with two attached hydrogens (primary N) is 1. The SMILES string of the molecule is C.C.CCCCC(N)c1ccc(-c2cc(C(F)(F)F)ccc2Cl)cn1.Fc1ccccc1CNc1ccc(-c2cc(C(F)(F)F)ccc2Cl)cn1. The largest absolute Gasteiger partial charge is 0.416 e. The minimum atomic E-state index is -4.45. The predicted octanol–water partition coefficient (Wildman–Crippen LogP) is 13.1. The minimum Gasteiger partial charge on any atom is -0.366 e. The summed E-state index contributed by atoms with van der Waals surface area (Å²) < 4.78 is 90.7. The first-order valence-electron chi connectivity index (χ1n) is 15.1. The summed E-state index contributed by atoms with van der Waals surface area (Å²) in [5.41, 5.74) is 7.29. The number of anilines is 1. The molecule has 0 aliphatic carbocycles. The van der Waals surface area contributed by atoms with Gasteiger partial charge in [-0.2, -0.15) is 26.3 Å². The highest BCUT2D eigenvalue weighted by Gasteiger charge is 2.32. The molecule has 2 aromatic heterocycles. The molecule has 0 saturated carbocycles. The molecule has 0 aliphatic rings. The lowest BCUT2D eigenvalue weighted by atomic mass is 10.0. The van der Waals surface area contributed by atoms with Crippen molar-refractivity contribution in [2.75, 3.05) is 5.32 Å². The summed E-state index contributed by atoms with van der Waals surface area (Å²) in [7, 11) is 0. The third kappa shape index (κ3) is 11.9. The van der Waals surface area contributed by atoms with Gasteiger partial charge in [-0.3, -0.25) is 4.98 Å². The number of nitrogens with zero attached hydrogens (tertiary/aromatic N) is 2. The van der Waals surface area contributed by atoms with Crippen LogP contribution in [0.3, 0.4) is 0 Å². The minimum absolute atomic E-state index is 0. The molecule has 1 unspecified atom stereocenters. The molecule has 0 saturated heterocycles. The first-order chi connectivity index (χ1) is 23.2. The Kier molecular flexibility index (Phi) is 15.9. The molecular formula is C38H39Cl2F7N4. The molecule has 0 bridgehead atoms. The van der Waals surface area contributed by atoms with Crippen LogP contribution < -0.4 is 11.1 Å². The number of hydrogen-bond acceptors (Lipinski definition) is 4. The van der Waals surface area contributed by atoms with Crippen LogP contribution >= 0.6 is 23.2 Å². The van der Waals surface area contributed by atoms with Crippen molar-refractivity contribution in [1.29, 1.82) is 0 Å². The Hall–Kier alpha value is -4.19. The van der Waals surface area contributed by atoms with Crippen molar-refractivity contribution in [1.82, 2.24) is 9.97 Å². The number of pyridine rings is 2. The highest BCUT2D eigenvalue weighted by Crippen LogP contribution is 2.37. The van der Waals surface area contributed by atoms with Crippen LogP contribution in [0, 0.1) is 5.82 Å². The Morgan fingerprint density at radius 2 is 1.25 bits per heavy atom. The van der Waals surface area contributed by atoms with Crippen LogP contribution in [0.4, 0.5) is 36.6 Å². The van der Waals surface area contributed by atoms with Crippen molar-refractivity contribution < 1.29 is 30.7 Å². The molecule has 51 heavy (non-hydrogen) atoms. The van der Waals surface area contributed by atoms with Gasteiger partial charge in [-0.1, -0.05) is 82.1 Å². The van der Waals surface area contributed by atoms with Crippen molar-refractivity contribution in [3.63, 3.8) is 0 Å². The highest BCUT2D eigenvalue weighted by atomic mass is 35.5. The van der Waals surface area contributed by atoms with Gasteiger partial charge in [0.25, 0.3) is 0 Å². The van der Waals surface area contributed by atoms with Gasteiger partial charge >= 0.3 is 12.4 Å². The Bertz CT molecular complexity index is 1830. The molecule has 4 nitrogen and oxygen atoms in total. The van der Waals surface area contributed by atoms with Crippen molar-refractivity contribution in [2.24, 2.45) is 5.73 Å². The maximum atomic E-state index is 13.6. The maximum Gasteiger partial charge on any atom is 0.416 e. The Balaban J connectivity index is 0.000000343. The summed E-state index contributed by atoms with van der Waals surface area (Å²) in [5.74, 6) is 0.146. The maximum absolute atomic E-state index is 13.6. The molecule has 274 valence electrons. The van der Waals surface area contributed by atoms with Crippen LogP contribution in [0.2, 0.25) is 10.0 Å². The number of unbranched alkanes of at least 4 members (excludes halogenated alkanes) is 1. The van der Waals surface area contributed by atoms with Crippen molar-refractivity contribution in [2.45, 2.75) is 66.0 Å². The van der Waals surface area contributed by atoms with E-state index in [4.69, 9.17) is 28.9 Å². The number of aromatic nitrogens is 2. The van der Waals surface area contributed by atoms with Gasteiger partial charge in [0.1, 0.15) is 11.6 Å². The fraction of sp³-hybridized carbons (Fsp3) is 0.263. The topological polar surface area (TPSA) is 63.8 Å². The molecule has 13 heteroatoms. The Morgan fingerprint density at radius 1 is 0.725 bits per heavy atom. The number of alkyl halides is 6. The fourth-order valence-corrected chi connectivity index (χ4v) is 5.14. The third-order valence-corrected chi connectivity index (χ3v) is 8.08. The smallest absolute Gasteiger partial charge is 0.366 e. The van der Waals surface area contributed by atoms with Gasteiger partial charge in [-0.15, -0.1) is 0 Å². The number of nitrogens with one attached hydrogen (secondary N) is 1. The van der Waals surface area contributed by atoms with Crippen LogP contribution in [-0.2, 0) is 18.9 Å². The Labute approximate surface area is 303 Å². The molecular weight excluding hydrogens is 716 g/mol. The van der Waals surface area contributed by atoms with E-state index in [0.29, 0.717) is 28.1 Å². The van der Waals surface area contributed by atoms with E-state index in [1.54, 1.807) is 42.5 Å². The molecule has 2 heterocycles. The summed E-state index contributed by atoms with van der Waals surface area (Å²) >= 11 is 12.1. The van der Waals surface area contributed by atoms with Gasteiger partial charge < -0.3 is 11.1 Å². The lowest BCUT2D eigenvalue weighted by Gasteiger charge is -2.13. The molecule has 3 N–H and O–H groups in total. The second-order valence-corrected chi connectivity index (χ2v) is 11.8. The highest BCUT2D eigenvalue weighted by molar-refractivity contribution is 6.33. The van der Waals surface area contributed by atoms with E-state index >= 15 is 0 Å². The van der Waals surface area contributed by atoms with Gasteiger partial charge in [0.05, 0.1) is 16.8 Å². The van der Waals surface area contributed by atoms with Crippen LogP contribution in [0.5, 0.6) is 0 Å². The van der Waals surface area contributed by atoms with E-state index < -0.39 is 23.5 Å². The van der Waals surface area contributed by atoms with E-state index in [1.165, 1.54) is 30.6 Å². The molecule has 0 fully saturated rings. The average Bonchev–Trinajstić information content (AvgIpc) is 3.07. The zero-order valence-electron chi connectivity index (χ0n) is 26.0. The third-order valence-electron chi connectivity index (χ3n) is 7.43. The molecule has 3 aromatic carbocycles. The summed E-state index contributed by atoms with van der Waals surface area (Å²) in [6.45, 7) is 2.32. The quantitative estimate of drug-likeness (QED) is 0.147. The second-order valence-electron chi connectivity index (χ2n) is 11.0. The van der Waals surface area contributed by atoms with E-state index in [2.05, 4.69) is 22.2 Å². The van der Waals surface area contributed by atoms with E-state index in [1.807, 2.05) is 0 Å². The molecule has 0 radical (unpaired) electrons. The van der Waals surface area contributed by atoms with Gasteiger partial charge in [-0.25, -0.2) is 9.37 Å². The van der Waals surface area contributed by atoms with Crippen molar-refractivity contribution in [3.05, 3.63) is 136 Å².